The van der Waals surface area contributed by atoms with Gasteiger partial charge in [0.05, 0.1) is 11.8 Å². The molecule has 0 aliphatic carbocycles. The lowest BCUT2D eigenvalue weighted by atomic mass is 10.1. The zero-order valence-corrected chi connectivity index (χ0v) is 16.8. The molecule has 0 aliphatic rings. The molecule has 0 amide bonds. The van der Waals surface area contributed by atoms with Gasteiger partial charge in [-0.05, 0) is 41.8 Å². The summed E-state index contributed by atoms with van der Waals surface area (Å²) < 4.78 is 1.75. The van der Waals surface area contributed by atoms with Crippen LogP contribution >= 0.6 is 23.4 Å². The first-order valence-corrected chi connectivity index (χ1v) is 10.1. The molecule has 0 unspecified atom stereocenters. The smallest absolute Gasteiger partial charge is 0.335 e. The van der Waals surface area contributed by atoms with E-state index in [1.807, 2.05) is 24.3 Å². The van der Waals surface area contributed by atoms with Crippen molar-refractivity contribution < 1.29 is 9.90 Å². The summed E-state index contributed by atoms with van der Waals surface area (Å²) in [5.41, 5.74) is 2.18. The van der Waals surface area contributed by atoms with Crippen LogP contribution in [-0.2, 0) is 12.2 Å². The Labute approximate surface area is 172 Å². The number of benzene rings is 2. The fraction of sp³-hybridized carbons (Fsp3) is 0.200. The van der Waals surface area contributed by atoms with Crippen molar-refractivity contribution in [1.82, 2.24) is 14.9 Å². The van der Waals surface area contributed by atoms with Crippen LogP contribution in [0.1, 0.15) is 40.7 Å². The lowest BCUT2D eigenvalue weighted by molar-refractivity contribution is 0.0697. The third-order valence-corrected chi connectivity index (χ3v) is 5.15. The molecule has 0 saturated carbocycles. The Bertz CT molecular complexity index is 969. The van der Waals surface area contributed by atoms with Crippen LogP contribution in [0.3, 0.4) is 0 Å². The van der Waals surface area contributed by atoms with Crippen molar-refractivity contribution in [2.24, 2.45) is 5.10 Å². The number of thioether (sulfide) groups is 1. The molecular formula is C20H19ClN4O2S. The fourth-order valence-corrected chi connectivity index (χ4v) is 3.43. The largest absolute Gasteiger partial charge is 0.478 e. The zero-order valence-electron chi connectivity index (χ0n) is 15.2. The second-order valence-corrected chi connectivity index (χ2v) is 7.43. The number of nitrogens with zero attached hydrogens (tertiary/aromatic N) is 4. The van der Waals surface area contributed by atoms with Gasteiger partial charge in [-0.1, -0.05) is 54.6 Å². The van der Waals surface area contributed by atoms with Crippen LogP contribution in [0.5, 0.6) is 0 Å². The monoisotopic (exact) mass is 414 g/mol. The van der Waals surface area contributed by atoms with E-state index in [1.165, 1.54) is 0 Å². The number of rotatable bonds is 8. The summed E-state index contributed by atoms with van der Waals surface area (Å²) >= 11 is 7.48. The number of aromatic nitrogens is 3. The lowest BCUT2D eigenvalue weighted by Crippen LogP contribution is -2.01. The predicted molar refractivity (Wildman–Crippen MR) is 111 cm³/mol. The third-order valence-electron chi connectivity index (χ3n) is 3.91. The van der Waals surface area contributed by atoms with Crippen LogP contribution in [0.4, 0.5) is 0 Å². The highest BCUT2D eigenvalue weighted by Gasteiger charge is 2.11. The summed E-state index contributed by atoms with van der Waals surface area (Å²) in [5, 5.41) is 23.5. The van der Waals surface area contributed by atoms with Crippen LogP contribution < -0.4 is 0 Å². The molecule has 8 heteroatoms. The van der Waals surface area contributed by atoms with E-state index in [0.717, 1.165) is 35.5 Å². The molecule has 2 aromatic carbocycles. The highest BCUT2D eigenvalue weighted by Crippen LogP contribution is 2.23. The van der Waals surface area contributed by atoms with Crippen molar-refractivity contribution in [2.45, 2.75) is 30.7 Å². The summed E-state index contributed by atoms with van der Waals surface area (Å²) in [5.74, 6) is 0.567. The highest BCUT2D eigenvalue weighted by atomic mass is 35.5. The van der Waals surface area contributed by atoms with Crippen LogP contribution in [0, 0.1) is 0 Å². The quantitative estimate of drug-likeness (QED) is 0.424. The Balaban J connectivity index is 1.78. The average Bonchev–Trinajstić information content (AvgIpc) is 3.08. The Morgan fingerprint density at radius 2 is 1.89 bits per heavy atom. The maximum Gasteiger partial charge on any atom is 0.335 e. The van der Waals surface area contributed by atoms with Crippen molar-refractivity contribution in [2.75, 3.05) is 0 Å². The summed E-state index contributed by atoms with van der Waals surface area (Å²) in [6.45, 7) is 2.08. The van der Waals surface area contributed by atoms with E-state index in [1.54, 1.807) is 46.9 Å². The van der Waals surface area contributed by atoms with Gasteiger partial charge < -0.3 is 5.11 Å². The number of halogens is 1. The molecule has 6 nitrogen and oxygen atoms in total. The van der Waals surface area contributed by atoms with Gasteiger partial charge in [-0.2, -0.15) is 9.78 Å². The molecule has 0 bridgehead atoms. The van der Waals surface area contributed by atoms with Crippen LogP contribution in [0.25, 0.3) is 0 Å². The number of aryl methyl sites for hydroxylation is 1. The summed E-state index contributed by atoms with van der Waals surface area (Å²) in [6, 6.07) is 14.2. The highest BCUT2D eigenvalue weighted by molar-refractivity contribution is 7.98. The second kappa shape index (κ2) is 9.52. The molecule has 144 valence electrons. The Hall–Kier alpha value is -2.64. The molecule has 1 aromatic heterocycles. The maximum atomic E-state index is 11.0. The predicted octanol–water partition coefficient (Wildman–Crippen LogP) is 4.76. The van der Waals surface area contributed by atoms with Gasteiger partial charge in [0.2, 0.25) is 5.16 Å². The fourth-order valence-electron chi connectivity index (χ4n) is 2.45. The third kappa shape index (κ3) is 5.21. The minimum atomic E-state index is -0.951. The first kappa shape index (κ1) is 20.1. The Morgan fingerprint density at radius 1 is 1.18 bits per heavy atom. The molecule has 0 radical (unpaired) electrons. The van der Waals surface area contributed by atoms with Crippen LogP contribution in [0.15, 0.2) is 58.8 Å². The second-order valence-electron chi connectivity index (χ2n) is 6.05. The Kier molecular flexibility index (Phi) is 6.84. The molecule has 3 aromatic rings. The average molecular weight is 415 g/mol. The SMILES string of the molecule is CCCc1nnc(SCc2ccc(Cl)cc2)n1/N=C\c1ccc(C(=O)O)cc1. The van der Waals surface area contributed by atoms with E-state index in [4.69, 9.17) is 16.7 Å². The summed E-state index contributed by atoms with van der Waals surface area (Å²) in [7, 11) is 0. The normalized spacial score (nSPS) is 11.2. The Morgan fingerprint density at radius 3 is 2.54 bits per heavy atom. The number of carboxylic acid groups (broad SMARTS) is 1. The van der Waals surface area contributed by atoms with E-state index in [-0.39, 0.29) is 5.56 Å². The van der Waals surface area contributed by atoms with Crippen molar-refractivity contribution in [3.8, 4) is 0 Å². The van der Waals surface area contributed by atoms with Crippen molar-refractivity contribution in [1.29, 1.82) is 0 Å². The van der Waals surface area contributed by atoms with E-state index in [2.05, 4.69) is 22.2 Å². The van der Waals surface area contributed by atoms with Gasteiger partial charge in [-0.25, -0.2) is 4.79 Å². The summed E-state index contributed by atoms with van der Waals surface area (Å²) in [6.07, 6.45) is 3.38. The minimum absolute atomic E-state index is 0.243. The molecule has 1 heterocycles. The van der Waals surface area contributed by atoms with E-state index in [0.29, 0.717) is 10.2 Å². The van der Waals surface area contributed by atoms with Crippen LogP contribution in [-0.4, -0.2) is 32.2 Å². The first-order chi connectivity index (χ1) is 13.6. The van der Waals surface area contributed by atoms with Gasteiger partial charge >= 0.3 is 5.97 Å². The van der Waals surface area contributed by atoms with Gasteiger partial charge in [0.15, 0.2) is 5.82 Å². The number of carboxylic acids is 1. The minimum Gasteiger partial charge on any atom is -0.478 e. The lowest BCUT2D eigenvalue weighted by Gasteiger charge is -2.04. The number of hydrogen-bond acceptors (Lipinski definition) is 5. The molecule has 0 fully saturated rings. The molecule has 0 spiro atoms. The van der Waals surface area contributed by atoms with Gasteiger partial charge in [0.1, 0.15) is 0 Å². The standard InChI is InChI=1S/C20H19ClN4O2S/c1-2-3-18-23-24-20(28-13-15-6-10-17(21)11-7-15)25(18)22-12-14-4-8-16(9-5-14)19(26)27/h4-12H,2-3,13H2,1H3,(H,26,27)/b22-12-. The summed E-state index contributed by atoms with van der Waals surface area (Å²) in [4.78, 5) is 11.0. The molecular weight excluding hydrogens is 396 g/mol. The topological polar surface area (TPSA) is 80.4 Å². The van der Waals surface area contributed by atoms with Crippen molar-refractivity contribution in [3.05, 3.63) is 76.1 Å². The molecule has 1 N–H and O–H groups in total. The van der Waals surface area contributed by atoms with E-state index < -0.39 is 5.97 Å². The molecule has 3 rings (SSSR count). The molecule has 0 atom stereocenters. The van der Waals surface area contributed by atoms with Crippen molar-refractivity contribution in [3.63, 3.8) is 0 Å². The van der Waals surface area contributed by atoms with Gasteiger partial charge in [0.25, 0.3) is 0 Å². The number of carbonyl (C=O) groups is 1. The van der Waals surface area contributed by atoms with E-state index in [9.17, 15) is 4.79 Å². The molecule has 28 heavy (non-hydrogen) atoms. The van der Waals surface area contributed by atoms with E-state index >= 15 is 0 Å². The number of aromatic carboxylic acids is 1. The van der Waals surface area contributed by atoms with Gasteiger partial charge in [0, 0.05) is 17.2 Å². The molecule has 0 aliphatic heterocycles. The number of hydrogen-bond donors (Lipinski definition) is 1. The van der Waals surface area contributed by atoms with Crippen LogP contribution in [0.2, 0.25) is 5.02 Å². The first-order valence-electron chi connectivity index (χ1n) is 8.76. The zero-order chi connectivity index (χ0) is 19.9. The van der Waals surface area contributed by atoms with Gasteiger partial charge in [-0.3, -0.25) is 0 Å². The van der Waals surface area contributed by atoms with Crippen molar-refractivity contribution >= 4 is 35.5 Å². The maximum absolute atomic E-state index is 11.0. The van der Waals surface area contributed by atoms with Gasteiger partial charge in [-0.15, -0.1) is 10.2 Å². The molecule has 0 saturated heterocycles.